The molecule has 1 aliphatic carbocycles. The smallest absolute Gasteiger partial charge is 0.384 e. The van der Waals surface area contributed by atoms with Crippen LogP contribution in [0.25, 0.3) is 0 Å². The summed E-state index contributed by atoms with van der Waals surface area (Å²) in [6, 6.07) is 0. The van der Waals surface area contributed by atoms with Crippen LogP contribution in [0.2, 0.25) is 0 Å². The van der Waals surface area contributed by atoms with Crippen molar-refractivity contribution in [3.8, 4) is 11.8 Å². The molecule has 2 heteroatoms. The van der Waals surface area contributed by atoms with Gasteiger partial charge >= 0.3 is 5.97 Å². The van der Waals surface area contributed by atoms with E-state index in [4.69, 9.17) is 0 Å². The fraction of sp³-hybridized carbons (Fsp3) is 0.300. The topological polar surface area (TPSA) is 26.3 Å². The second-order valence-corrected chi connectivity index (χ2v) is 2.29. The maximum atomic E-state index is 10.8. The van der Waals surface area contributed by atoms with Gasteiger partial charge in [0.25, 0.3) is 0 Å². The molecule has 0 spiro atoms. The fourth-order valence-electron chi connectivity index (χ4n) is 0.838. The van der Waals surface area contributed by atoms with Crippen LogP contribution in [0, 0.1) is 17.8 Å². The Morgan fingerprint density at radius 3 is 2.75 bits per heavy atom. The predicted octanol–water partition coefficient (Wildman–Crippen LogP) is 1.30. The van der Waals surface area contributed by atoms with Gasteiger partial charge in [-0.1, -0.05) is 30.2 Å². The van der Waals surface area contributed by atoms with Gasteiger partial charge < -0.3 is 4.74 Å². The molecule has 0 aromatic carbocycles. The van der Waals surface area contributed by atoms with Crippen LogP contribution in [0.5, 0.6) is 0 Å². The summed E-state index contributed by atoms with van der Waals surface area (Å²) in [5, 5.41) is 0. The average molecular weight is 162 g/mol. The normalized spacial score (nSPS) is 14.1. The number of ether oxygens (including phenoxy) is 1. The van der Waals surface area contributed by atoms with E-state index in [2.05, 4.69) is 16.6 Å². The van der Waals surface area contributed by atoms with Crippen LogP contribution in [0.15, 0.2) is 24.3 Å². The summed E-state index contributed by atoms with van der Waals surface area (Å²) in [6.07, 6.45) is 7.66. The summed E-state index contributed by atoms with van der Waals surface area (Å²) >= 11 is 0. The zero-order chi connectivity index (χ0) is 8.81. The molecule has 0 radical (unpaired) electrons. The molecule has 0 unspecified atom stereocenters. The number of rotatable bonds is 1. The lowest BCUT2D eigenvalue weighted by atomic mass is 10.2. The first kappa shape index (κ1) is 8.61. The predicted molar refractivity (Wildman–Crippen MR) is 46.2 cm³/mol. The third-order valence-corrected chi connectivity index (χ3v) is 1.36. The van der Waals surface area contributed by atoms with Gasteiger partial charge in [-0.2, -0.15) is 0 Å². The second kappa shape index (κ2) is 4.40. The first-order valence-electron chi connectivity index (χ1n) is 3.86. The van der Waals surface area contributed by atoms with Crippen molar-refractivity contribution in [2.24, 2.45) is 5.92 Å². The SMILES string of the molecule is CCOC(=O)C#CC1C=CC=C1. The summed E-state index contributed by atoms with van der Waals surface area (Å²) in [5.74, 6) is 4.81. The largest absolute Gasteiger partial charge is 0.456 e. The van der Waals surface area contributed by atoms with Crippen molar-refractivity contribution in [2.45, 2.75) is 6.92 Å². The summed E-state index contributed by atoms with van der Waals surface area (Å²) in [5.41, 5.74) is 0. The highest BCUT2D eigenvalue weighted by molar-refractivity contribution is 5.88. The lowest BCUT2D eigenvalue weighted by Gasteiger charge is -1.92. The van der Waals surface area contributed by atoms with Crippen molar-refractivity contribution in [3.05, 3.63) is 24.3 Å². The maximum absolute atomic E-state index is 10.8. The van der Waals surface area contributed by atoms with E-state index in [0.29, 0.717) is 6.61 Å². The van der Waals surface area contributed by atoms with Crippen LogP contribution in [-0.4, -0.2) is 12.6 Å². The van der Waals surface area contributed by atoms with E-state index < -0.39 is 5.97 Å². The Labute approximate surface area is 71.9 Å². The summed E-state index contributed by atoms with van der Waals surface area (Å²) in [6.45, 7) is 2.14. The molecule has 0 aromatic rings. The number of carbonyl (C=O) groups excluding carboxylic acids is 1. The van der Waals surface area contributed by atoms with Gasteiger partial charge in [0.15, 0.2) is 0 Å². The van der Waals surface area contributed by atoms with E-state index in [1.165, 1.54) is 0 Å². The van der Waals surface area contributed by atoms with Crippen LogP contribution in [0.3, 0.4) is 0 Å². The van der Waals surface area contributed by atoms with Gasteiger partial charge in [0, 0.05) is 5.92 Å². The van der Waals surface area contributed by atoms with E-state index in [1.807, 2.05) is 24.3 Å². The fourth-order valence-corrected chi connectivity index (χ4v) is 0.838. The van der Waals surface area contributed by atoms with Gasteiger partial charge in [-0.3, -0.25) is 0 Å². The van der Waals surface area contributed by atoms with Crippen molar-refractivity contribution in [1.82, 2.24) is 0 Å². The minimum Gasteiger partial charge on any atom is -0.456 e. The Hall–Kier alpha value is -1.49. The molecule has 0 aromatic heterocycles. The first-order chi connectivity index (χ1) is 5.83. The van der Waals surface area contributed by atoms with Crippen LogP contribution in [0.4, 0.5) is 0 Å². The molecular formula is C10H10O2. The van der Waals surface area contributed by atoms with Crippen LogP contribution in [0.1, 0.15) is 6.92 Å². The Morgan fingerprint density at radius 1 is 1.50 bits per heavy atom. The van der Waals surface area contributed by atoms with Crippen molar-refractivity contribution in [2.75, 3.05) is 6.61 Å². The number of allylic oxidation sites excluding steroid dienone is 4. The number of carbonyl (C=O) groups is 1. The Balaban J connectivity index is 2.42. The van der Waals surface area contributed by atoms with Gasteiger partial charge in [-0.15, -0.1) is 0 Å². The molecule has 0 aliphatic heterocycles. The van der Waals surface area contributed by atoms with Crippen molar-refractivity contribution >= 4 is 5.97 Å². The minimum atomic E-state index is -0.453. The highest BCUT2D eigenvalue weighted by atomic mass is 16.5. The number of hydrogen-bond donors (Lipinski definition) is 0. The van der Waals surface area contributed by atoms with Crippen molar-refractivity contribution in [1.29, 1.82) is 0 Å². The zero-order valence-corrected chi connectivity index (χ0v) is 6.91. The molecule has 0 amide bonds. The van der Waals surface area contributed by atoms with E-state index in [0.717, 1.165) is 0 Å². The molecule has 0 heterocycles. The van der Waals surface area contributed by atoms with Gasteiger partial charge in [-0.05, 0) is 6.92 Å². The molecular weight excluding hydrogens is 152 g/mol. The minimum absolute atomic E-state index is 0.0782. The molecule has 0 N–H and O–H groups in total. The molecule has 1 aliphatic rings. The van der Waals surface area contributed by atoms with Crippen LogP contribution < -0.4 is 0 Å². The lowest BCUT2D eigenvalue weighted by molar-refractivity contribution is -0.136. The molecule has 2 nitrogen and oxygen atoms in total. The lowest BCUT2D eigenvalue weighted by Crippen LogP contribution is -2.00. The third kappa shape index (κ3) is 2.63. The Kier molecular flexibility index (Phi) is 3.16. The molecule has 12 heavy (non-hydrogen) atoms. The molecule has 62 valence electrons. The average Bonchev–Trinajstić information content (AvgIpc) is 2.53. The molecule has 0 fully saturated rings. The third-order valence-electron chi connectivity index (χ3n) is 1.36. The highest BCUT2D eigenvalue weighted by Gasteiger charge is 1.98. The Bertz CT molecular complexity index is 264. The second-order valence-electron chi connectivity index (χ2n) is 2.29. The van der Waals surface area contributed by atoms with E-state index in [1.54, 1.807) is 6.92 Å². The van der Waals surface area contributed by atoms with E-state index in [9.17, 15) is 4.79 Å². The monoisotopic (exact) mass is 162 g/mol. The van der Waals surface area contributed by atoms with Gasteiger partial charge in [0.1, 0.15) is 0 Å². The molecule has 0 bridgehead atoms. The van der Waals surface area contributed by atoms with Gasteiger partial charge in [-0.25, -0.2) is 4.79 Å². The van der Waals surface area contributed by atoms with Gasteiger partial charge in [0.2, 0.25) is 0 Å². The molecule has 0 atom stereocenters. The summed E-state index contributed by atoms with van der Waals surface area (Å²) in [7, 11) is 0. The van der Waals surface area contributed by atoms with Crippen LogP contribution in [-0.2, 0) is 9.53 Å². The van der Waals surface area contributed by atoms with E-state index >= 15 is 0 Å². The first-order valence-corrected chi connectivity index (χ1v) is 3.86. The maximum Gasteiger partial charge on any atom is 0.384 e. The summed E-state index contributed by atoms with van der Waals surface area (Å²) in [4.78, 5) is 10.8. The molecule has 0 saturated heterocycles. The van der Waals surface area contributed by atoms with Gasteiger partial charge in [0.05, 0.1) is 12.5 Å². The van der Waals surface area contributed by atoms with E-state index in [-0.39, 0.29) is 5.92 Å². The quantitative estimate of drug-likeness (QED) is 0.330. The van der Waals surface area contributed by atoms with Crippen LogP contribution >= 0.6 is 0 Å². The zero-order valence-electron chi connectivity index (χ0n) is 6.91. The highest BCUT2D eigenvalue weighted by Crippen LogP contribution is 2.05. The standard InChI is InChI=1S/C10H10O2/c1-2-12-10(11)8-7-9-5-3-4-6-9/h3-6,9H,2H2,1H3. The number of esters is 1. The van der Waals surface area contributed by atoms with Crippen molar-refractivity contribution < 1.29 is 9.53 Å². The summed E-state index contributed by atoms with van der Waals surface area (Å²) < 4.78 is 4.64. The number of hydrogen-bond acceptors (Lipinski definition) is 2. The molecule has 0 saturated carbocycles. The Morgan fingerprint density at radius 2 is 2.17 bits per heavy atom. The van der Waals surface area contributed by atoms with Crippen molar-refractivity contribution in [3.63, 3.8) is 0 Å². The molecule has 1 rings (SSSR count).